The summed E-state index contributed by atoms with van der Waals surface area (Å²) in [4.78, 5) is 34.1. The zero-order valence-electron chi connectivity index (χ0n) is 14.2. The summed E-state index contributed by atoms with van der Waals surface area (Å²) in [5.41, 5.74) is 1.32. The van der Waals surface area contributed by atoms with E-state index < -0.39 is 23.4 Å². The number of aromatic nitrogens is 2. The Kier molecular flexibility index (Phi) is 4.66. The van der Waals surface area contributed by atoms with Crippen LogP contribution < -0.4 is 0 Å². The van der Waals surface area contributed by atoms with Crippen molar-refractivity contribution in [1.82, 2.24) is 9.97 Å². The number of ketones is 2. The highest BCUT2D eigenvalue weighted by atomic mass is 32.1. The number of nitriles is 2. The highest BCUT2D eigenvalue weighted by molar-refractivity contribution is 7.19. The third-order valence-corrected chi connectivity index (χ3v) is 6.34. The zero-order valence-corrected chi connectivity index (χ0v) is 15.8. The van der Waals surface area contributed by atoms with Gasteiger partial charge in [0.1, 0.15) is 10.0 Å². The monoisotopic (exact) mass is 402 g/mol. The van der Waals surface area contributed by atoms with Crippen molar-refractivity contribution in [3.63, 3.8) is 0 Å². The highest BCUT2D eigenvalue weighted by Crippen LogP contribution is 2.31. The van der Waals surface area contributed by atoms with Crippen LogP contribution in [0.1, 0.15) is 21.9 Å². The Bertz CT molecular complexity index is 1140. The molecule has 134 valence electrons. The van der Waals surface area contributed by atoms with Gasteiger partial charge in [-0.05, 0) is 24.3 Å². The van der Waals surface area contributed by atoms with Crippen LogP contribution in [-0.4, -0.2) is 21.5 Å². The molecular formula is C20H10N4O2S2. The number of hydrogen-bond acceptors (Lipinski definition) is 8. The van der Waals surface area contributed by atoms with Gasteiger partial charge in [-0.1, -0.05) is 24.3 Å². The average Bonchev–Trinajstić information content (AvgIpc) is 3.32. The normalized spacial score (nSPS) is 12.9. The van der Waals surface area contributed by atoms with Gasteiger partial charge in [0.15, 0.2) is 11.8 Å². The second-order valence-corrected chi connectivity index (χ2v) is 8.02. The van der Waals surface area contributed by atoms with Gasteiger partial charge in [0.2, 0.25) is 11.6 Å². The molecule has 0 fully saturated rings. The minimum atomic E-state index is -1.34. The van der Waals surface area contributed by atoms with Gasteiger partial charge in [0.05, 0.1) is 32.6 Å². The SMILES string of the molecule is N#CC(C(=O)C(=O)C(C#N)c1nc2ccccc2s1)c1nc2ccccc2s1. The third kappa shape index (κ3) is 3.05. The molecule has 0 N–H and O–H groups in total. The lowest BCUT2D eigenvalue weighted by atomic mass is 9.95. The molecule has 2 aromatic heterocycles. The lowest BCUT2D eigenvalue weighted by Gasteiger charge is -2.07. The van der Waals surface area contributed by atoms with Crippen LogP contribution in [-0.2, 0) is 9.59 Å². The van der Waals surface area contributed by atoms with Crippen LogP contribution in [0, 0.1) is 22.7 Å². The molecule has 0 bridgehead atoms. The van der Waals surface area contributed by atoms with Crippen LogP contribution >= 0.6 is 22.7 Å². The van der Waals surface area contributed by atoms with E-state index in [9.17, 15) is 20.1 Å². The summed E-state index contributed by atoms with van der Waals surface area (Å²) in [5.74, 6) is -4.55. The maximum absolute atomic E-state index is 12.8. The molecule has 4 rings (SSSR count). The van der Waals surface area contributed by atoms with Crippen LogP contribution in [0.25, 0.3) is 20.4 Å². The van der Waals surface area contributed by atoms with Crippen molar-refractivity contribution in [2.24, 2.45) is 0 Å². The van der Waals surface area contributed by atoms with Crippen LogP contribution in [0.4, 0.5) is 0 Å². The van der Waals surface area contributed by atoms with Crippen LogP contribution in [0.3, 0.4) is 0 Å². The first-order valence-electron chi connectivity index (χ1n) is 8.20. The molecule has 0 radical (unpaired) electrons. The van der Waals surface area contributed by atoms with Crippen molar-refractivity contribution in [2.75, 3.05) is 0 Å². The molecule has 2 unspecified atom stereocenters. The number of Topliss-reactive ketones (excluding diaryl/α,β-unsaturated/α-hetero) is 2. The maximum atomic E-state index is 12.8. The van der Waals surface area contributed by atoms with Gasteiger partial charge in [-0.25, -0.2) is 9.97 Å². The fraction of sp³-hybridized carbons (Fsp3) is 0.100. The second kappa shape index (κ2) is 7.28. The molecule has 0 saturated heterocycles. The van der Waals surface area contributed by atoms with Gasteiger partial charge >= 0.3 is 0 Å². The number of para-hydroxylation sites is 2. The number of hydrogen-bond donors (Lipinski definition) is 0. The summed E-state index contributed by atoms with van der Waals surface area (Å²) in [7, 11) is 0. The molecule has 2 heterocycles. The van der Waals surface area contributed by atoms with E-state index in [0.29, 0.717) is 11.0 Å². The lowest BCUT2D eigenvalue weighted by Crippen LogP contribution is -2.26. The largest absolute Gasteiger partial charge is 0.289 e. The van der Waals surface area contributed by atoms with E-state index >= 15 is 0 Å². The predicted molar refractivity (Wildman–Crippen MR) is 106 cm³/mol. The molecule has 0 saturated carbocycles. The maximum Gasteiger partial charge on any atom is 0.224 e. The Hall–Kier alpha value is -3.46. The molecule has 0 amide bonds. The minimum absolute atomic E-state index is 0.253. The fourth-order valence-electron chi connectivity index (χ4n) is 2.76. The van der Waals surface area contributed by atoms with Gasteiger partial charge in [-0.2, -0.15) is 10.5 Å². The van der Waals surface area contributed by atoms with E-state index in [1.165, 1.54) is 22.7 Å². The summed E-state index contributed by atoms with van der Waals surface area (Å²) in [6, 6.07) is 18.2. The Morgan fingerprint density at radius 2 is 1.14 bits per heavy atom. The quantitative estimate of drug-likeness (QED) is 0.468. The molecule has 4 aromatic rings. The van der Waals surface area contributed by atoms with Gasteiger partial charge in [0.25, 0.3) is 0 Å². The van der Waals surface area contributed by atoms with E-state index in [4.69, 9.17) is 0 Å². The van der Waals surface area contributed by atoms with Crippen molar-refractivity contribution >= 4 is 54.7 Å². The van der Waals surface area contributed by atoms with Gasteiger partial charge in [0, 0.05) is 0 Å². The van der Waals surface area contributed by atoms with E-state index in [0.717, 1.165) is 9.40 Å². The summed E-state index contributed by atoms with van der Waals surface area (Å²) in [6.07, 6.45) is 0. The van der Waals surface area contributed by atoms with Gasteiger partial charge < -0.3 is 0 Å². The number of carbonyl (C=O) groups is 2. The van der Waals surface area contributed by atoms with Gasteiger partial charge in [-0.3, -0.25) is 9.59 Å². The summed E-state index contributed by atoms with van der Waals surface area (Å²) in [6.45, 7) is 0. The van der Waals surface area contributed by atoms with Crippen molar-refractivity contribution in [2.45, 2.75) is 11.8 Å². The van der Waals surface area contributed by atoms with Crippen molar-refractivity contribution < 1.29 is 9.59 Å². The number of nitrogens with zero attached hydrogens (tertiary/aromatic N) is 4. The smallest absolute Gasteiger partial charge is 0.224 e. The lowest BCUT2D eigenvalue weighted by molar-refractivity contribution is -0.137. The standard InChI is InChI=1S/C20H10N4O2S2/c21-9-11(19-23-13-5-1-3-7-15(13)27-19)17(25)18(26)12(10-22)20-24-14-6-2-4-8-16(14)28-20/h1-8,11-12H. The first kappa shape index (κ1) is 17.9. The Morgan fingerprint density at radius 1 is 0.750 bits per heavy atom. The Labute approximate surface area is 167 Å². The second-order valence-electron chi connectivity index (χ2n) is 5.89. The van der Waals surface area contributed by atoms with Crippen molar-refractivity contribution in [3.8, 4) is 12.1 Å². The van der Waals surface area contributed by atoms with Crippen LogP contribution in [0.2, 0.25) is 0 Å². The molecule has 0 spiro atoms. The number of benzene rings is 2. The fourth-order valence-corrected chi connectivity index (χ4v) is 4.79. The molecule has 2 aromatic carbocycles. The van der Waals surface area contributed by atoms with Crippen LogP contribution in [0.15, 0.2) is 48.5 Å². The number of rotatable bonds is 5. The van der Waals surface area contributed by atoms with E-state index in [-0.39, 0.29) is 10.0 Å². The Balaban J connectivity index is 1.67. The molecule has 8 heteroatoms. The van der Waals surface area contributed by atoms with E-state index in [2.05, 4.69) is 9.97 Å². The van der Waals surface area contributed by atoms with E-state index in [1.807, 2.05) is 36.4 Å². The van der Waals surface area contributed by atoms with Crippen LogP contribution in [0.5, 0.6) is 0 Å². The topological polar surface area (TPSA) is 108 Å². The first-order chi connectivity index (χ1) is 13.6. The third-order valence-electron chi connectivity index (χ3n) is 4.14. The molecule has 2 atom stereocenters. The zero-order chi connectivity index (χ0) is 19.7. The summed E-state index contributed by atoms with van der Waals surface area (Å²) >= 11 is 2.38. The molecular weight excluding hydrogens is 392 g/mol. The Morgan fingerprint density at radius 3 is 1.50 bits per heavy atom. The summed E-state index contributed by atoms with van der Waals surface area (Å²) < 4.78 is 1.64. The first-order valence-corrected chi connectivity index (χ1v) is 9.84. The van der Waals surface area contributed by atoms with Crippen molar-refractivity contribution in [3.05, 3.63) is 58.5 Å². The molecule has 6 nitrogen and oxygen atoms in total. The average molecular weight is 402 g/mol. The molecule has 0 aliphatic heterocycles. The molecule has 0 aliphatic carbocycles. The number of carbonyl (C=O) groups excluding carboxylic acids is 2. The summed E-state index contributed by atoms with van der Waals surface area (Å²) in [5, 5.41) is 19.5. The van der Waals surface area contributed by atoms with Crippen molar-refractivity contribution in [1.29, 1.82) is 10.5 Å². The number of fused-ring (bicyclic) bond motifs is 2. The highest BCUT2D eigenvalue weighted by Gasteiger charge is 2.36. The molecule has 28 heavy (non-hydrogen) atoms. The van der Waals surface area contributed by atoms with E-state index in [1.54, 1.807) is 24.3 Å². The molecule has 0 aliphatic rings. The number of thiazole rings is 2. The minimum Gasteiger partial charge on any atom is -0.289 e. The van der Waals surface area contributed by atoms with Gasteiger partial charge in [-0.15, -0.1) is 22.7 Å². The predicted octanol–water partition coefficient (Wildman–Crippen LogP) is 3.96.